The Morgan fingerprint density at radius 2 is 1.86 bits per heavy atom. The molecular formula is C18H23N3O8. The Bertz CT molecular complexity index is 767. The Balaban J connectivity index is 1.52. The maximum Gasteiger partial charge on any atom is 0.309 e. The van der Waals surface area contributed by atoms with Crippen LogP contribution in [0, 0.1) is 0 Å². The van der Waals surface area contributed by atoms with Crippen molar-refractivity contribution < 1.29 is 38.1 Å². The number of nitrogens with one attached hydrogen (secondary N) is 2. The molecule has 0 saturated carbocycles. The third-order valence-electron chi connectivity index (χ3n) is 4.47. The maximum atomic E-state index is 12.8. The predicted octanol–water partition coefficient (Wildman–Crippen LogP) is -0.935. The predicted molar refractivity (Wildman–Crippen MR) is 97.2 cm³/mol. The van der Waals surface area contributed by atoms with Crippen molar-refractivity contribution in [1.82, 2.24) is 15.5 Å². The molecule has 2 heterocycles. The molecule has 2 aliphatic heterocycles. The zero-order valence-corrected chi connectivity index (χ0v) is 16.1. The molecule has 0 bridgehead atoms. The Hall–Kier alpha value is -2.89. The summed E-state index contributed by atoms with van der Waals surface area (Å²) in [5.41, 5.74) is 0.416. The molecule has 1 saturated heterocycles. The van der Waals surface area contributed by atoms with Crippen LogP contribution in [0.2, 0.25) is 0 Å². The third kappa shape index (κ3) is 4.94. The molecule has 2 N–H and O–H groups in total. The number of methoxy groups -OCH3 is 2. The Morgan fingerprint density at radius 1 is 1.14 bits per heavy atom. The Kier molecular flexibility index (Phi) is 6.86. The average Bonchev–Trinajstić information content (AvgIpc) is 3.40. The van der Waals surface area contributed by atoms with Gasteiger partial charge in [-0.2, -0.15) is 0 Å². The van der Waals surface area contributed by atoms with E-state index in [9.17, 15) is 14.4 Å². The van der Waals surface area contributed by atoms with Gasteiger partial charge in [-0.25, -0.2) is 0 Å². The van der Waals surface area contributed by atoms with Gasteiger partial charge in [-0.1, -0.05) is 0 Å². The van der Waals surface area contributed by atoms with E-state index in [1.165, 1.54) is 19.1 Å². The first-order chi connectivity index (χ1) is 14.0. The molecule has 2 aliphatic rings. The highest BCUT2D eigenvalue weighted by Crippen LogP contribution is 2.33. The fourth-order valence-electron chi connectivity index (χ4n) is 2.90. The van der Waals surface area contributed by atoms with Gasteiger partial charge >= 0.3 is 11.8 Å². The van der Waals surface area contributed by atoms with Crippen LogP contribution in [-0.4, -0.2) is 82.4 Å². The molecule has 1 aromatic rings. The quantitative estimate of drug-likeness (QED) is 0.437. The molecule has 1 fully saturated rings. The summed E-state index contributed by atoms with van der Waals surface area (Å²) in [7, 11) is 2.84. The van der Waals surface area contributed by atoms with E-state index < -0.39 is 24.3 Å². The van der Waals surface area contributed by atoms with Gasteiger partial charge in [0.25, 0.3) is 5.91 Å². The molecule has 0 aromatic heterocycles. The number of carbonyl (C=O) groups excluding carboxylic acids is 3. The van der Waals surface area contributed by atoms with Gasteiger partial charge in [0.1, 0.15) is 6.23 Å². The highest BCUT2D eigenvalue weighted by atomic mass is 16.7. The van der Waals surface area contributed by atoms with Crippen LogP contribution < -0.4 is 20.1 Å². The van der Waals surface area contributed by atoms with Gasteiger partial charge in [0.2, 0.25) is 6.79 Å². The normalized spacial score (nSPS) is 17.5. The lowest BCUT2D eigenvalue weighted by atomic mass is 10.1. The van der Waals surface area contributed by atoms with E-state index >= 15 is 0 Å². The summed E-state index contributed by atoms with van der Waals surface area (Å²) in [6.45, 7) is 0.802. The lowest BCUT2D eigenvalue weighted by molar-refractivity contribution is -0.142. The molecule has 0 radical (unpaired) electrons. The number of carbonyl (C=O) groups is 3. The number of ether oxygens (including phenoxy) is 5. The minimum atomic E-state index is -0.845. The fourth-order valence-corrected chi connectivity index (χ4v) is 2.90. The number of hydrogen-bond donors (Lipinski definition) is 2. The van der Waals surface area contributed by atoms with Crippen LogP contribution in [0.25, 0.3) is 0 Å². The number of rotatable bonds is 7. The minimum Gasteiger partial charge on any atom is -0.454 e. The van der Waals surface area contributed by atoms with Crippen molar-refractivity contribution in [3.05, 3.63) is 23.8 Å². The van der Waals surface area contributed by atoms with Gasteiger partial charge in [-0.05, 0) is 18.2 Å². The molecule has 11 nitrogen and oxygen atoms in total. The van der Waals surface area contributed by atoms with E-state index in [4.69, 9.17) is 23.7 Å². The average molecular weight is 409 g/mol. The highest BCUT2D eigenvalue weighted by molar-refractivity contribution is 6.35. The monoisotopic (exact) mass is 409 g/mol. The first-order valence-electron chi connectivity index (χ1n) is 8.97. The molecular weight excluding hydrogens is 386 g/mol. The molecule has 0 unspecified atom stereocenters. The number of nitrogens with zero attached hydrogens (tertiary/aromatic N) is 1. The first-order valence-corrected chi connectivity index (χ1v) is 8.97. The van der Waals surface area contributed by atoms with Crippen LogP contribution >= 0.6 is 0 Å². The third-order valence-corrected chi connectivity index (χ3v) is 4.47. The maximum absolute atomic E-state index is 12.8. The van der Waals surface area contributed by atoms with Crippen LogP contribution in [0.3, 0.4) is 0 Å². The Morgan fingerprint density at radius 3 is 2.62 bits per heavy atom. The molecule has 1 aromatic carbocycles. The second kappa shape index (κ2) is 9.54. The van der Waals surface area contributed by atoms with E-state index in [1.54, 1.807) is 18.2 Å². The SMILES string of the molecule is COC(CNC(=O)C(=O)NC[C@H]1OCCN1C(=O)c1ccc2c(c1)OCO2)OC. The molecule has 29 heavy (non-hydrogen) atoms. The summed E-state index contributed by atoms with van der Waals surface area (Å²) in [5, 5.41) is 4.86. The zero-order valence-electron chi connectivity index (χ0n) is 16.1. The molecule has 3 rings (SSSR count). The van der Waals surface area contributed by atoms with Crippen LogP contribution in [0.1, 0.15) is 10.4 Å². The minimum absolute atomic E-state index is 0.0217. The van der Waals surface area contributed by atoms with Crippen LogP contribution in [0.5, 0.6) is 11.5 Å². The summed E-state index contributed by atoms with van der Waals surface area (Å²) < 4.78 is 25.9. The van der Waals surface area contributed by atoms with E-state index in [0.29, 0.717) is 30.2 Å². The van der Waals surface area contributed by atoms with Crippen molar-refractivity contribution in [3.63, 3.8) is 0 Å². The standard InChI is InChI=1S/C18H23N3O8/c1-25-15(26-2)9-20-17(23)16(22)19-8-14-21(5-6-27-14)18(24)11-3-4-12-13(7-11)29-10-28-12/h3-4,7,14-15H,5-6,8-10H2,1-2H3,(H,19,22)(H,20,23)/t14-/m1/s1. The molecule has 0 aliphatic carbocycles. The summed E-state index contributed by atoms with van der Waals surface area (Å²) in [5.74, 6) is -0.869. The lowest BCUT2D eigenvalue weighted by Gasteiger charge is -2.23. The van der Waals surface area contributed by atoms with E-state index in [-0.39, 0.29) is 25.8 Å². The molecule has 0 spiro atoms. The van der Waals surface area contributed by atoms with Gasteiger partial charge in [0.05, 0.1) is 19.7 Å². The van der Waals surface area contributed by atoms with Crippen molar-refractivity contribution in [2.24, 2.45) is 0 Å². The number of benzene rings is 1. The second-order valence-corrected chi connectivity index (χ2v) is 6.21. The molecule has 3 amide bonds. The van der Waals surface area contributed by atoms with Gasteiger partial charge < -0.3 is 39.2 Å². The lowest BCUT2D eigenvalue weighted by Crippen LogP contribution is -2.48. The number of amides is 3. The van der Waals surface area contributed by atoms with Gasteiger partial charge in [-0.3, -0.25) is 14.4 Å². The van der Waals surface area contributed by atoms with Crippen molar-refractivity contribution in [1.29, 1.82) is 0 Å². The van der Waals surface area contributed by atoms with E-state index in [2.05, 4.69) is 10.6 Å². The van der Waals surface area contributed by atoms with Gasteiger partial charge in [0, 0.05) is 26.3 Å². The van der Waals surface area contributed by atoms with Gasteiger partial charge in [-0.15, -0.1) is 0 Å². The van der Waals surface area contributed by atoms with Crippen LogP contribution in [0.15, 0.2) is 18.2 Å². The molecule has 11 heteroatoms. The van der Waals surface area contributed by atoms with Crippen LogP contribution in [0.4, 0.5) is 0 Å². The molecule has 158 valence electrons. The van der Waals surface area contributed by atoms with E-state index in [0.717, 1.165) is 0 Å². The number of hydrogen-bond acceptors (Lipinski definition) is 8. The summed E-state index contributed by atoms with van der Waals surface area (Å²) in [4.78, 5) is 38.1. The smallest absolute Gasteiger partial charge is 0.309 e. The largest absolute Gasteiger partial charge is 0.454 e. The molecule has 1 atom stereocenters. The fraction of sp³-hybridized carbons (Fsp3) is 0.500. The zero-order chi connectivity index (χ0) is 20.8. The van der Waals surface area contributed by atoms with Crippen molar-refractivity contribution in [2.75, 3.05) is 47.3 Å². The van der Waals surface area contributed by atoms with Crippen molar-refractivity contribution in [2.45, 2.75) is 12.5 Å². The Labute approximate surface area is 167 Å². The second-order valence-electron chi connectivity index (χ2n) is 6.21. The van der Waals surface area contributed by atoms with Crippen LogP contribution in [-0.2, 0) is 23.8 Å². The summed E-state index contributed by atoms with van der Waals surface area (Å²) in [6, 6.07) is 4.91. The van der Waals surface area contributed by atoms with Gasteiger partial charge in [0.15, 0.2) is 17.8 Å². The highest BCUT2D eigenvalue weighted by Gasteiger charge is 2.32. The van der Waals surface area contributed by atoms with Crippen molar-refractivity contribution in [3.8, 4) is 11.5 Å². The topological polar surface area (TPSA) is 125 Å². The summed E-state index contributed by atoms with van der Waals surface area (Å²) >= 11 is 0. The summed E-state index contributed by atoms with van der Waals surface area (Å²) in [6.07, 6.45) is -1.34. The number of fused-ring (bicyclic) bond motifs is 1. The van der Waals surface area contributed by atoms with E-state index in [1.807, 2.05) is 0 Å². The van der Waals surface area contributed by atoms with Crippen molar-refractivity contribution >= 4 is 17.7 Å². The first kappa shape index (κ1) is 20.8.